The zero-order valence-corrected chi connectivity index (χ0v) is 23.4. The van der Waals surface area contributed by atoms with Gasteiger partial charge in [-0.1, -0.05) is 0 Å². The molecule has 5 rings (SSSR count). The van der Waals surface area contributed by atoms with E-state index in [0.717, 1.165) is 42.7 Å². The van der Waals surface area contributed by atoms with Crippen LogP contribution in [0.3, 0.4) is 0 Å². The number of pyridine rings is 1. The number of aliphatic imine (C=N–C) groups is 1. The van der Waals surface area contributed by atoms with Gasteiger partial charge in [0.1, 0.15) is 30.0 Å². The summed E-state index contributed by atoms with van der Waals surface area (Å²) < 4.78 is 65.9. The first-order chi connectivity index (χ1) is 20.1. The van der Waals surface area contributed by atoms with Crippen LogP contribution in [0.2, 0.25) is 0 Å². The maximum Gasteiger partial charge on any atom is 0.434 e. The summed E-state index contributed by atoms with van der Waals surface area (Å²) in [5.41, 5.74) is 2.27. The lowest BCUT2D eigenvalue weighted by Crippen LogP contribution is -2.22. The molecule has 1 fully saturated rings. The lowest BCUT2D eigenvalue weighted by molar-refractivity contribution is -0.0934. The summed E-state index contributed by atoms with van der Waals surface area (Å²) in [6.45, 7) is 5.29. The van der Waals surface area contributed by atoms with Crippen LogP contribution in [0.1, 0.15) is 48.3 Å². The molecule has 0 bridgehead atoms. The zero-order valence-electron chi connectivity index (χ0n) is 23.4. The number of anilines is 1. The first-order valence-electron chi connectivity index (χ1n) is 13.4. The van der Waals surface area contributed by atoms with Crippen LogP contribution < -0.4 is 14.4 Å². The van der Waals surface area contributed by atoms with Gasteiger partial charge in [-0.2, -0.15) is 18.2 Å². The van der Waals surface area contributed by atoms with E-state index < -0.39 is 17.7 Å². The third kappa shape index (κ3) is 6.11. The Balaban J connectivity index is 1.39. The summed E-state index contributed by atoms with van der Waals surface area (Å²) in [6, 6.07) is 1.25. The molecule has 0 saturated heterocycles. The molecule has 222 valence electrons. The Kier molecular flexibility index (Phi) is 8.23. The number of allylic oxidation sites excluding steroid dienone is 1. The Morgan fingerprint density at radius 2 is 2.00 bits per heavy atom. The average molecular weight is 587 g/mol. The van der Waals surface area contributed by atoms with Crippen LogP contribution in [0.5, 0.6) is 11.8 Å². The molecule has 3 aromatic heterocycles. The minimum absolute atomic E-state index is 0.0174. The van der Waals surface area contributed by atoms with Gasteiger partial charge >= 0.3 is 6.18 Å². The fourth-order valence-corrected chi connectivity index (χ4v) is 4.72. The Hall–Kier alpha value is -4.36. The summed E-state index contributed by atoms with van der Waals surface area (Å²) in [4.78, 5) is 28.8. The maximum atomic E-state index is 15.0. The number of hydrogen-bond donors (Lipinski definition) is 0. The Bertz CT molecular complexity index is 1510. The van der Waals surface area contributed by atoms with Crippen molar-refractivity contribution in [3.05, 3.63) is 58.9 Å². The highest BCUT2D eigenvalue weighted by atomic mass is 19.4. The normalized spacial score (nSPS) is 15.0. The first-order valence-corrected chi connectivity index (χ1v) is 13.4. The van der Waals surface area contributed by atoms with Crippen molar-refractivity contribution in [1.29, 1.82) is 0 Å². The number of ether oxygens (including phenoxy) is 2. The molecule has 0 spiro atoms. The molecule has 0 atom stereocenters. The molecular weight excluding hydrogens is 556 g/mol. The fourth-order valence-electron chi connectivity index (χ4n) is 4.72. The summed E-state index contributed by atoms with van der Waals surface area (Å²) >= 11 is 0. The van der Waals surface area contributed by atoms with Gasteiger partial charge in [-0.15, -0.1) is 0 Å². The van der Waals surface area contributed by atoms with E-state index in [0.29, 0.717) is 41.1 Å². The van der Waals surface area contributed by atoms with Crippen LogP contribution >= 0.6 is 0 Å². The number of hydrogen-bond acceptors (Lipinski definition) is 10. The molecule has 1 saturated carbocycles. The van der Waals surface area contributed by atoms with Gasteiger partial charge < -0.3 is 19.3 Å². The van der Waals surface area contributed by atoms with Crippen molar-refractivity contribution in [1.82, 2.24) is 29.8 Å². The van der Waals surface area contributed by atoms with Crippen LogP contribution in [0.15, 0.2) is 35.5 Å². The number of methoxy groups -OCH3 is 1. The fraction of sp³-hybridized carbons (Fsp3) is 0.429. The van der Waals surface area contributed by atoms with Gasteiger partial charge in [0.05, 0.1) is 30.7 Å². The Labute approximate surface area is 240 Å². The van der Waals surface area contributed by atoms with Gasteiger partial charge in [0, 0.05) is 50.4 Å². The molecule has 0 unspecified atom stereocenters. The van der Waals surface area contributed by atoms with E-state index in [9.17, 15) is 13.2 Å². The maximum absolute atomic E-state index is 15.0. The molecule has 4 heterocycles. The van der Waals surface area contributed by atoms with E-state index in [1.54, 1.807) is 6.92 Å². The van der Waals surface area contributed by atoms with Gasteiger partial charge in [-0.3, -0.25) is 9.98 Å². The minimum atomic E-state index is -4.67. The van der Waals surface area contributed by atoms with Crippen molar-refractivity contribution in [3.8, 4) is 23.1 Å². The molecule has 2 aliphatic rings. The molecule has 10 nitrogen and oxygen atoms in total. The topological polar surface area (TPSA) is 102 Å². The molecule has 0 radical (unpaired) electrons. The second-order valence-electron chi connectivity index (χ2n) is 10.0. The van der Waals surface area contributed by atoms with Crippen LogP contribution in [0.4, 0.5) is 23.2 Å². The highest BCUT2D eigenvalue weighted by Crippen LogP contribution is 2.46. The molecule has 1 aliphatic heterocycles. The molecule has 0 N–H and O–H groups in total. The van der Waals surface area contributed by atoms with E-state index in [1.165, 1.54) is 30.6 Å². The molecule has 3 aromatic rings. The van der Waals surface area contributed by atoms with E-state index in [1.807, 2.05) is 11.9 Å². The zero-order chi connectivity index (χ0) is 30.0. The number of fused-ring (bicyclic) bond motifs is 1. The van der Waals surface area contributed by atoms with Gasteiger partial charge in [-0.05, 0) is 32.5 Å². The minimum Gasteiger partial charge on any atom is -0.480 e. The Morgan fingerprint density at radius 1 is 1.21 bits per heavy atom. The van der Waals surface area contributed by atoms with Crippen molar-refractivity contribution >= 4 is 12.4 Å². The highest BCUT2D eigenvalue weighted by Gasteiger charge is 2.35. The second kappa shape index (κ2) is 11.9. The van der Waals surface area contributed by atoms with Gasteiger partial charge in [0.25, 0.3) is 0 Å². The monoisotopic (exact) mass is 586 g/mol. The molecule has 1 aliphatic carbocycles. The third-order valence-corrected chi connectivity index (χ3v) is 7.09. The largest absolute Gasteiger partial charge is 0.480 e. The molecule has 0 aromatic carbocycles. The first kappa shape index (κ1) is 29.1. The van der Waals surface area contributed by atoms with E-state index >= 15 is 4.39 Å². The summed E-state index contributed by atoms with van der Waals surface area (Å²) in [5.74, 6) is 0.729. The summed E-state index contributed by atoms with van der Waals surface area (Å²) in [5, 5.41) is 0. The van der Waals surface area contributed by atoms with Crippen molar-refractivity contribution in [2.24, 2.45) is 4.99 Å². The molecule has 14 heteroatoms. The molecular formula is C28H30F4N8O2. The van der Waals surface area contributed by atoms with Crippen molar-refractivity contribution < 1.29 is 27.0 Å². The highest BCUT2D eigenvalue weighted by molar-refractivity contribution is 5.71. The van der Waals surface area contributed by atoms with Crippen molar-refractivity contribution in [2.45, 2.75) is 51.4 Å². The predicted octanol–water partition coefficient (Wildman–Crippen LogP) is 4.85. The standard InChI is InChI=1S/C28H30F4N8O2/c1-5-40(13-21(33-2)28(30,31)32)12-20-18(29)10-16(11-34-20)14-42-27-24-19(8-9-39(24)3)37-25(38-27)22-23(17-6-7-17)35-15-36-26(22)41-4/h10-11,13,15,17H,2,5-9,12,14H2,1,3-4H3/b21-13-. The SMILES string of the molecule is C=N/C(=C\N(CC)Cc1ncc(COc2nc(-c3c(OC)ncnc3C3CC3)nc3c2N(C)CC3)cc1F)C(F)(F)F. The van der Waals surface area contributed by atoms with Crippen molar-refractivity contribution in [2.75, 3.05) is 32.1 Å². The van der Waals surface area contributed by atoms with Crippen LogP contribution in [0.25, 0.3) is 11.4 Å². The molecule has 0 amide bonds. The second-order valence-corrected chi connectivity index (χ2v) is 10.0. The summed E-state index contributed by atoms with van der Waals surface area (Å²) in [6.07, 6.45) is 1.75. The lowest BCUT2D eigenvalue weighted by atomic mass is 10.1. The number of aromatic nitrogens is 5. The lowest BCUT2D eigenvalue weighted by Gasteiger charge is -2.20. The quantitative estimate of drug-likeness (QED) is 0.231. The van der Waals surface area contributed by atoms with E-state index in [2.05, 4.69) is 26.7 Å². The number of nitrogens with zero attached hydrogens (tertiary/aromatic N) is 8. The Morgan fingerprint density at radius 3 is 2.64 bits per heavy atom. The van der Waals surface area contributed by atoms with Crippen LogP contribution in [0, 0.1) is 5.82 Å². The number of alkyl halides is 3. The summed E-state index contributed by atoms with van der Waals surface area (Å²) in [7, 11) is 3.45. The number of halogens is 4. The smallest absolute Gasteiger partial charge is 0.434 e. The van der Waals surface area contributed by atoms with Crippen LogP contribution in [-0.4, -0.2) is 70.0 Å². The average Bonchev–Trinajstić information content (AvgIpc) is 3.75. The van der Waals surface area contributed by atoms with Gasteiger partial charge in [0.15, 0.2) is 11.5 Å². The molecule has 42 heavy (non-hydrogen) atoms. The van der Waals surface area contributed by atoms with Crippen molar-refractivity contribution in [3.63, 3.8) is 0 Å². The van der Waals surface area contributed by atoms with Gasteiger partial charge in [0.2, 0.25) is 11.8 Å². The van der Waals surface area contributed by atoms with E-state index in [-0.39, 0.29) is 25.4 Å². The third-order valence-electron chi connectivity index (χ3n) is 7.09. The van der Waals surface area contributed by atoms with E-state index in [4.69, 9.17) is 19.4 Å². The number of likely N-dealkylation sites (N-methyl/N-ethyl adjacent to an activating group) is 1. The number of rotatable bonds is 11. The predicted molar refractivity (Wildman–Crippen MR) is 147 cm³/mol. The van der Waals surface area contributed by atoms with Gasteiger partial charge in [-0.25, -0.2) is 19.3 Å². The van der Waals surface area contributed by atoms with Crippen LogP contribution in [-0.2, 0) is 19.6 Å².